The number of fused-ring (bicyclic) bond motifs is 1. The van der Waals surface area contributed by atoms with E-state index in [2.05, 4.69) is 53.2 Å². The lowest BCUT2D eigenvalue weighted by atomic mass is 10.1. The molecule has 0 unspecified atom stereocenters. The maximum atomic E-state index is 6.00. The minimum atomic E-state index is 0.656. The highest BCUT2D eigenvalue weighted by molar-refractivity contribution is 9.10. The Morgan fingerprint density at radius 3 is 2.39 bits per heavy atom. The van der Waals surface area contributed by atoms with Gasteiger partial charge in [0.2, 0.25) is 5.89 Å². The third-order valence-corrected chi connectivity index (χ3v) is 4.52. The topological polar surface area (TPSA) is 26.0 Å². The standard InChI is InChI=1S/C20H14BrNO/c1-13-7-5-6-10-16(13)20-22-18-12-15(11-17(21)19(18)23-20)14-8-3-2-4-9-14/h2-12H,1H3. The van der Waals surface area contributed by atoms with Crippen LogP contribution < -0.4 is 0 Å². The Morgan fingerprint density at radius 1 is 0.870 bits per heavy atom. The zero-order valence-corrected chi connectivity index (χ0v) is 14.2. The summed E-state index contributed by atoms with van der Waals surface area (Å²) >= 11 is 3.62. The Hall–Kier alpha value is -2.39. The summed E-state index contributed by atoms with van der Waals surface area (Å²) in [5.41, 5.74) is 6.10. The first kappa shape index (κ1) is 14.2. The molecule has 0 N–H and O–H groups in total. The summed E-state index contributed by atoms with van der Waals surface area (Å²) in [5, 5.41) is 0. The quantitative estimate of drug-likeness (QED) is 0.421. The average Bonchev–Trinajstić information content (AvgIpc) is 3.00. The summed E-state index contributed by atoms with van der Waals surface area (Å²) in [7, 11) is 0. The summed E-state index contributed by atoms with van der Waals surface area (Å²) in [6.07, 6.45) is 0. The van der Waals surface area contributed by atoms with Gasteiger partial charge in [0, 0.05) is 5.56 Å². The van der Waals surface area contributed by atoms with Crippen LogP contribution in [-0.4, -0.2) is 4.98 Å². The number of aryl methyl sites for hydroxylation is 1. The minimum absolute atomic E-state index is 0.656. The summed E-state index contributed by atoms with van der Waals surface area (Å²) < 4.78 is 6.92. The van der Waals surface area contributed by atoms with Gasteiger partial charge in [-0.05, 0) is 57.7 Å². The maximum absolute atomic E-state index is 6.00. The SMILES string of the molecule is Cc1ccccc1-c1nc2cc(-c3ccccc3)cc(Br)c2o1. The molecule has 0 saturated carbocycles. The van der Waals surface area contributed by atoms with Crippen LogP contribution in [0.25, 0.3) is 33.7 Å². The Bertz CT molecular complexity index is 989. The highest BCUT2D eigenvalue weighted by atomic mass is 79.9. The van der Waals surface area contributed by atoms with E-state index in [1.54, 1.807) is 0 Å². The molecule has 0 atom stereocenters. The van der Waals surface area contributed by atoms with Gasteiger partial charge >= 0.3 is 0 Å². The summed E-state index contributed by atoms with van der Waals surface area (Å²) in [5.74, 6) is 0.656. The van der Waals surface area contributed by atoms with Crippen LogP contribution >= 0.6 is 15.9 Å². The fourth-order valence-electron chi connectivity index (χ4n) is 2.72. The van der Waals surface area contributed by atoms with Crippen LogP contribution in [0, 0.1) is 6.92 Å². The Morgan fingerprint density at radius 2 is 1.61 bits per heavy atom. The lowest BCUT2D eigenvalue weighted by molar-refractivity contribution is 0.617. The zero-order chi connectivity index (χ0) is 15.8. The fraction of sp³-hybridized carbons (Fsp3) is 0.0500. The molecule has 0 fully saturated rings. The molecule has 1 aromatic heterocycles. The fourth-order valence-corrected chi connectivity index (χ4v) is 3.25. The molecule has 112 valence electrons. The van der Waals surface area contributed by atoms with Gasteiger partial charge in [-0.3, -0.25) is 0 Å². The van der Waals surface area contributed by atoms with Gasteiger partial charge in [0.25, 0.3) is 0 Å². The first-order valence-corrected chi connectivity index (χ1v) is 8.23. The molecule has 2 nitrogen and oxygen atoms in total. The van der Waals surface area contributed by atoms with E-state index in [-0.39, 0.29) is 0 Å². The largest absolute Gasteiger partial charge is 0.435 e. The van der Waals surface area contributed by atoms with Crippen molar-refractivity contribution in [2.45, 2.75) is 6.92 Å². The van der Waals surface area contributed by atoms with Crippen LogP contribution in [0.1, 0.15) is 5.56 Å². The molecule has 3 aromatic carbocycles. The van der Waals surface area contributed by atoms with Crippen molar-refractivity contribution in [2.24, 2.45) is 0 Å². The first-order chi connectivity index (χ1) is 11.2. The number of rotatable bonds is 2. The van der Waals surface area contributed by atoms with Crippen molar-refractivity contribution in [1.29, 1.82) is 0 Å². The van der Waals surface area contributed by atoms with Crippen molar-refractivity contribution < 1.29 is 4.42 Å². The van der Waals surface area contributed by atoms with Crippen LogP contribution in [0.5, 0.6) is 0 Å². The molecule has 0 spiro atoms. The van der Waals surface area contributed by atoms with E-state index < -0.39 is 0 Å². The van der Waals surface area contributed by atoms with Crippen LogP contribution in [0.3, 0.4) is 0 Å². The predicted octanol–water partition coefficient (Wildman–Crippen LogP) is 6.23. The van der Waals surface area contributed by atoms with E-state index in [1.165, 1.54) is 0 Å². The third kappa shape index (κ3) is 2.57. The molecule has 3 heteroatoms. The second-order valence-corrected chi connectivity index (χ2v) is 6.36. The Kier molecular flexibility index (Phi) is 3.50. The molecule has 0 bridgehead atoms. The molecule has 0 aliphatic carbocycles. The van der Waals surface area contributed by atoms with Gasteiger partial charge in [-0.15, -0.1) is 0 Å². The molecule has 0 saturated heterocycles. The van der Waals surface area contributed by atoms with Crippen molar-refractivity contribution in [3.05, 3.63) is 76.8 Å². The highest BCUT2D eigenvalue weighted by Crippen LogP contribution is 2.34. The molecule has 0 radical (unpaired) electrons. The van der Waals surface area contributed by atoms with Gasteiger partial charge in [-0.25, -0.2) is 4.98 Å². The Labute approximate surface area is 142 Å². The summed E-state index contributed by atoms with van der Waals surface area (Å²) in [6.45, 7) is 2.06. The zero-order valence-electron chi connectivity index (χ0n) is 12.6. The van der Waals surface area contributed by atoms with Gasteiger partial charge < -0.3 is 4.42 Å². The third-order valence-electron chi connectivity index (χ3n) is 3.93. The highest BCUT2D eigenvalue weighted by Gasteiger charge is 2.14. The van der Waals surface area contributed by atoms with Gasteiger partial charge in [0.1, 0.15) is 5.52 Å². The van der Waals surface area contributed by atoms with Crippen molar-refractivity contribution in [3.63, 3.8) is 0 Å². The molecule has 4 aromatic rings. The molecular weight excluding hydrogens is 350 g/mol. The Balaban J connectivity index is 1.90. The molecule has 0 amide bonds. The second kappa shape index (κ2) is 5.67. The minimum Gasteiger partial charge on any atom is -0.435 e. The molecule has 1 heterocycles. The van der Waals surface area contributed by atoms with E-state index in [0.717, 1.165) is 37.8 Å². The van der Waals surface area contributed by atoms with Crippen molar-refractivity contribution in [2.75, 3.05) is 0 Å². The van der Waals surface area contributed by atoms with Crippen LogP contribution in [0.15, 0.2) is 75.6 Å². The average molecular weight is 364 g/mol. The lowest BCUT2D eigenvalue weighted by Gasteiger charge is -2.02. The van der Waals surface area contributed by atoms with E-state index in [9.17, 15) is 0 Å². The number of hydrogen-bond donors (Lipinski definition) is 0. The van der Waals surface area contributed by atoms with Crippen molar-refractivity contribution >= 4 is 27.0 Å². The number of aromatic nitrogens is 1. The monoisotopic (exact) mass is 363 g/mol. The summed E-state index contributed by atoms with van der Waals surface area (Å²) in [4.78, 5) is 4.69. The van der Waals surface area contributed by atoms with Crippen molar-refractivity contribution in [1.82, 2.24) is 4.98 Å². The molecule has 0 aliphatic rings. The lowest BCUT2D eigenvalue weighted by Crippen LogP contribution is -1.81. The molecule has 23 heavy (non-hydrogen) atoms. The second-order valence-electron chi connectivity index (χ2n) is 5.51. The number of oxazole rings is 1. The first-order valence-electron chi connectivity index (χ1n) is 7.44. The normalized spacial score (nSPS) is 11.0. The van der Waals surface area contributed by atoms with E-state index in [4.69, 9.17) is 9.40 Å². The van der Waals surface area contributed by atoms with Gasteiger partial charge in [0.05, 0.1) is 4.47 Å². The van der Waals surface area contributed by atoms with E-state index >= 15 is 0 Å². The van der Waals surface area contributed by atoms with Gasteiger partial charge in [0.15, 0.2) is 5.58 Å². The van der Waals surface area contributed by atoms with E-state index in [0.29, 0.717) is 5.89 Å². The number of hydrogen-bond acceptors (Lipinski definition) is 2. The summed E-state index contributed by atoms with van der Waals surface area (Å²) in [6, 6.07) is 22.5. The molecule has 0 aliphatic heterocycles. The van der Waals surface area contributed by atoms with Crippen LogP contribution in [-0.2, 0) is 0 Å². The molecule has 4 rings (SSSR count). The predicted molar refractivity (Wildman–Crippen MR) is 97.3 cm³/mol. The van der Waals surface area contributed by atoms with Gasteiger partial charge in [-0.1, -0.05) is 48.5 Å². The van der Waals surface area contributed by atoms with Crippen molar-refractivity contribution in [3.8, 4) is 22.6 Å². The van der Waals surface area contributed by atoms with Crippen LogP contribution in [0.2, 0.25) is 0 Å². The van der Waals surface area contributed by atoms with E-state index in [1.807, 2.05) is 36.4 Å². The number of nitrogens with zero attached hydrogens (tertiary/aromatic N) is 1. The van der Waals surface area contributed by atoms with Gasteiger partial charge in [-0.2, -0.15) is 0 Å². The number of halogens is 1. The molecular formula is C20H14BrNO. The maximum Gasteiger partial charge on any atom is 0.227 e. The number of benzene rings is 3. The van der Waals surface area contributed by atoms with Crippen LogP contribution in [0.4, 0.5) is 0 Å². The smallest absolute Gasteiger partial charge is 0.227 e.